The minimum absolute atomic E-state index is 0.00471. The topological polar surface area (TPSA) is 53.2 Å². The lowest BCUT2D eigenvalue weighted by molar-refractivity contribution is 0.0743. The van der Waals surface area contributed by atoms with Crippen LogP contribution in [0.4, 0.5) is 0 Å². The number of hydrogen-bond donors (Lipinski definition) is 1. The molecule has 2 aromatic carbocycles. The Balaban J connectivity index is 1.98. The molecule has 0 aliphatic heterocycles. The number of benzene rings is 2. The average Bonchev–Trinajstić information content (AvgIpc) is 2.60. The minimum Gasteiger partial charge on any atom is -0.334 e. The van der Waals surface area contributed by atoms with Crippen LogP contribution < -0.4 is 5.56 Å². The molecule has 0 aliphatic carbocycles. The molecule has 0 radical (unpaired) electrons. The van der Waals surface area contributed by atoms with Crippen LogP contribution in [-0.4, -0.2) is 22.3 Å². The standard InChI is InChI=1S/C21H22N2O2/c1-3-11-23(21(25)16-8-6-7-15(2)12-16)14-17-13-20(24)22-19-10-5-4-9-18(17)19/h4-10,12-13H,3,11,14H2,1-2H3,(H,22,24). The van der Waals surface area contributed by atoms with Gasteiger partial charge in [0.2, 0.25) is 5.56 Å². The van der Waals surface area contributed by atoms with E-state index in [1.165, 1.54) is 0 Å². The second kappa shape index (κ2) is 7.34. The number of pyridine rings is 1. The summed E-state index contributed by atoms with van der Waals surface area (Å²) in [4.78, 5) is 29.6. The van der Waals surface area contributed by atoms with E-state index in [-0.39, 0.29) is 11.5 Å². The van der Waals surface area contributed by atoms with Gasteiger partial charge in [-0.25, -0.2) is 0 Å². The molecule has 1 heterocycles. The molecule has 0 unspecified atom stereocenters. The zero-order valence-electron chi connectivity index (χ0n) is 14.6. The molecule has 4 heteroatoms. The number of amides is 1. The number of carbonyl (C=O) groups excluding carboxylic acids is 1. The van der Waals surface area contributed by atoms with E-state index < -0.39 is 0 Å². The van der Waals surface area contributed by atoms with Crippen LogP contribution in [0.2, 0.25) is 0 Å². The molecule has 0 bridgehead atoms. The molecular weight excluding hydrogens is 312 g/mol. The van der Waals surface area contributed by atoms with E-state index in [1.807, 2.05) is 67.3 Å². The number of rotatable bonds is 5. The molecule has 1 amide bonds. The first-order valence-corrected chi connectivity index (χ1v) is 8.55. The summed E-state index contributed by atoms with van der Waals surface area (Å²) in [5, 5.41) is 0.972. The summed E-state index contributed by atoms with van der Waals surface area (Å²) >= 11 is 0. The number of aryl methyl sites for hydroxylation is 1. The van der Waals surface area contributed by atoms with E-state index in [2.05, 4.69) is 4.98 Å². The van der Waals surface area contributed by atoms with Crippen LogP contribution in [0.5, 0.6) is 0 Å². The molecule has 3 rings (SSSR count). The van der Waals surface area contributed by atoms with Crippen molar-refractivity contribution in [1.29, 1.82) is 0 Å². The van der Waals surface area contributed by atoms with E-state index in [0.717, 1.165) is 28.5 Å². The molecule has 0 aliphatic rings. The first kappa shape index (κ1) is 17.0. The number of para-hydroxylation sites is 1. The van der Waals surface area contributed by atoms with Crippen molar-refractivity contribution in [1.82, 2.24) is 9.88 Å². The number of fused-ring (bicyclic) bond motifs is 1. The molecule has 4 nitrogen and oxygen atoms in total. The highest BCUT2D eigenvalue weighted by molar-refractivity contribution is 5.94. The number of carbonyl (C=O) groups is 1. The monoisotopic (exact) mass is 334 g/mol. The third kappa shape index (κ3) is 3.79. The van der Waals surface area contributed by atoms with Crippen molar-refractivity contribution in [2.24, 2.45) is 0 Å². The average molecular weight is 334 g/mol. The Bertz CT molecular complexity index is 959. The zero-order chi connectivity index (χ0) is 17.8. The smallest absolute Gasteiger partial charge is 0.254 e. The summed E-state index contributed by atoms with van der Waals surface area (Å²) in [5.74, 6) is -0.00471. The van der Waals surface area contributed by atoms with Gasteiger partial charge in [-0.05, 0) is 37.1 Å². The molecule has 1 N–H and O–H groups in total. The Labute approximate surface area is 147 Å². The van der Waals surface area contributed by atoms with E-state index in [0.29, 0.717) is 18.7 Å². The Morgan fingerprint density at radius 1 is 1.08 bits per heavy atom. The van der Waals surface area contributed by atoms with Crippen molar-refractivity contribution in [3.63, 3.8) is 0 Å². The van der Waals surface area contributed by atoms with Crippen LogP contribution in [0, 0.1) is 6.92 Å². The van der Waals surface area contributed by atoms with Gasteiger partial charge in [0.15, 0.2) is 0 Å². The second-order valence-corrected chi connectivity index (χ2v) is 6.30. The van der Waals surface area contributed by atoms with Gasteiger partial charge in [0.05, 0.1) is 0 Å². The molecule has 0 saturated heterocycles. The number of hydrogen-bond acceptors (Lipinski definition) is 2. The Kier molecular flexibility index (Phi) is 4.98. The maximum atomic E-state index is 13.0. The second-order valence-electron chi connectivity index (χ2n) is 6.30. The maximum Gasteiger partial charge on any atom is 0.254 e. The molecule has 3 aromatic rings. The number of aromatic amines is 1. The normalized spacial score (nSPS) is 10.8. The highest BCUT2D eigenvalue weighted by Gasteiger charge is 2.17. The molecule has 128 valence electrons. The van der Waals surface area contributed by atoms with Crippen LogP contribution in [0.1, 0.15) is 34.8 Å². The number of nitrogens with one attached hydrogen (secondary N) is 1. The lowest BCUT2D eigenvalue weighted by Gasteiger charge is -2.23. The van der Waals surface area contributed by atoms with Crippen LogP contribution in [0.15, 0.2) is 59.4 Å². The van der Waals surface area contributed by atoms with Gasteiger partial charge in [-0.3, -0.25) is 9.59 Å². The van der Waals surface area contributed by atoms with Crippen LogP contribution in [0.25, 0.3) is 10.9 Å². The van der Waals surface area contributed by atoms with Gasteiger partial charge in [0.1, 0.15) is 0 Å². The van der Waals surface area contributed by atoms with Gasteiger partial charge in [-0.15, -0.1) is 0 Å². The van der Waals surface area contributed by atoms with Crippen molar-refractivity contribution in [2.75, 3.05) is 6.54 Å². The van der Waals surface area contributed by atoms with Gasteiger partial charge in [-0.2, -0.15) is 0 Å². The molecule has 0 fully saturated rings. The Morgan fingerprint density at radius 2 is 1.88 bits per heavy atom. The van der Waals surface area contributed by atoms with Crippen LogP contribution >= 0.6 is 0 Å². The van der Waals surface area contributed by atoms with Crippen molar-refractivity contribution >= 4 is 16.8 Å². The van der Waals surface area contributed by atoms with Crippen molar-refractivity contribution in [3.05, 3.63) is 81.6 Å². The van der Waals surface area contributed by atoms with Gasteiger partial charge < -0.3 is 9.88 Å². The van der Waals surface area contributed by atoms with E-state index in [9.17, 15) is 9.59 Å². The summed E-state index contributed by atoms with van der Waals surface area (Å²) in [6.07, 6.45) is 0.860. The molecule has 0 atom stereocenters. The summed E-state index contributed by atoms with van der Waals surface area (Å²) in [6, 6.07) is 16.9. The highest BCUT2D eigenvalue weighted by atomic mass is 16.2. The SMILES string of the molecule is CCCN(Cc1cc(=O)[nH]c2ccccc12)C(=O)c1cccc(C)c1. The zero-order valence-corrected chi connectivity index (χ0v) is 14.6. The first-order valence-electron chi connectivity index (χ1n) is 8.55. The minimum atomic E-state index is -0.145. The van der Waals surface area contributed by atoms with E-state index in [4.69, 9.17) is 0 Å². The third-order valence-corrected chi connectivity index (χ3v) is 4.24. The van der Waals surface area contributed by atoms with Crippen LogP contribution in [-0.2, 0) is 6.54 Å². The number of nitrogens with zero attached hydrogens (tertiary/aromatic N) is 1. The lowest BCUT2D eigenvalue weighted by Crippen LogP contribution is -2.31. The van der Waals surface area contributed by atoms with Crippen molar-refractivity contribution < 1.29 is 4.79 Å². The molecule has 1 aromatic heterocycles. The Hall–Kier alpha value is -2.88. The summed E-state index contributed by atoms with van der Waals surface area (Å²) in [5.41, 5.74) is 3.26. The summed E-state index contributed by atoms with van der Waals surface area (Å²) < 4.78 is 0. The number of aromatic nitrogens is 1. The Morgan fingerprint density at radius 3 is 2.64 bits per heavy atom. The fourth-order valence-corrected chi connectivity index (χ4v) is 3.10. The van der Waals surface area contributed by atoms with Crippen LogP contribution in [0.3, 0.4) is 0 Å². The van der Waals surface area contributed by atoms with Gasteiger partial charge in [-0.1, -0.05) is 42.8 Å². The quantitative estimate of drug-likeness (QED) is 0.769. The van der Waals surface area contributed by atoms with Gasteiger partial charge in [0, 0.05) is 35.6 Å². The highest BCUT2D eigenvalue weighted by Crippen LogP contribution is 2.18. The van der Waals surface area contributed by atoms with Gasteiger partial charge >= 0.3 is 0 Å². The lowest BCUT2D eigenvalue weighted by atomic mass is 10.1. The number of H-pyrrole nitrogens is 1. The van der Waals surface area contributed by atoms with Crippen molar-refractivity contribution in [2.45, 2.75) is 26.8 Å². The summed E-state index contributed by atoms with van der Waals surface area (Å²) in [7, 11) is 0. The van der Waals surface area contributed by atoms with Crippen molar-refractivity contribution in [3.8, 4) is 0 Å². The predicted molar refractivity (Wildman–Crippen MR) is 101 cm³/mol. The van der Waals surface area contributed by atoms with Gasteiger partial charge in [0.25, 0.3) is 5.91 Å². The fourth-order valence-electron chi connectivity index (χ4n) is 3.10. The molecule has 0 saturated carbocycles. The van der Waals surface area contributed by atoms with E-state index >= 15 is 0 Å². The fraction of sp³-hybridized carbons (Fsp3) is 0.238. The molecular formula is C21H22N2O2. The first-order chi connectivity index (χ1) is 12.1. The molecule has 25 heavy (non-hydrogen) atoms. The predicted octanol–water partition coefficient (Wildman–Crippen LogP) is 3.89. The summed E-state index contributed by atoms with van der Waals surface area (Å²) in [6.45, 7) is 5.09. The largest absolute Gasteiger partial charge is 0.334 e. The third-order valence-electron chi connectivity index (χ3n) is 4.24. The maximum absolute atomic E-state index is 13.0. The molecule has 0 spiro atoms. The van der Waals surface area contributed by atoms with E-state index in [1.54, 1.807) is 6.07 Å².